The standard InChI is InChI=1S/C50H45N3S2/c1-7-11-14-20-39-30-27-35(6)51-50(52-39)42-24-18-26-47-49(42)55-48-41(23-17-25-46(48)54-47)37-28-29-38-33-53(40-21-15-13-16-22-40)45(10-4)44(43(38)32-37)31-34(5)36(9-3)19-12-8-2/h7-19,21-26,28-32H,1,3-4,20,27,33H2,2,5-6H3/b12-8-,14-11-,34-31+,36-19+. The molecule has 0 radical (unpaired) electrons. The zero-order valence-electron chi connectivity index (χ0n) is 31.8. The van der Waals surface area contributed by atoms with Crippen LogP contribution >= 0.6 is 23.5 Å². The number of rotatable bonds is 11. The van der Waals surface area contributed by atoms with Gasteiger partial charge in [-0.05, 0) is 103 Å². The molecule has 0 N–H and O–H groups in total. The third kappa shape index (κ3) is 8.10. The van der Waals surface area contributed by atoms with Crippen LogP contribution in [0.2, 0.25) is 0 Å². The van der Waals surface area contributed by atoms with E-state index < -0.39 is 0 Å². The van der Waals surface area contributed by atoms with Crippen LogP contribution in [-0.4, -0.2) is 11.5 Å². The maximum atomic E-state index is 5.12. The number of hydrogen-bond acceptors (Lipinski definition) is 5. The van der Waals surface area contributed by atoms with Gasteiger partial charge in [0.25, 0.3) is 0 Å². The Balaban J connectivity index is 1.33. The van der Waals surface area contributed by atoms with Gasteiger partial charge in [0.05, 0.1) is 0 Å². The third-order valence-electron chi connectivity index (χ3n) is 9.77. The molecule has 0 bridgehead atoms. The zero-order chi connectivity index (χ0) is 38.3. The molecule has 4 aromatic carbocycles. The van der Waals surface area contributed by atoms with Gasteiger partial charge in [0.1, 0.15) is 0 Å². The number of aliphatic imine (C=N–C) groups is 2. The summed E-state index contributed by atoms with van der Waals surface area (Å²) in [6.45, 7) is 19.3. The molecule has 3 nitrogen and oxygen atoms in total. The van der Waals surface area contributed by atoms with Gasteiger partial charge in [-0.2, -0.15) is 0 Å². The lowest BCUT2D eigenvalue weighted by atomic mass is 9.88. The maximum absolute atomic E-state index is 5.12. The molecule has 0 amide bonds. The largest absolute Gasteiger partial charge is 0.336 e. The summed E-state index contributed by atoms with van der Waals surface area (Å²) in [7, 11) is 0. The molecule has 0 aromatic heterocycles. The molecule has 0 spiro atoms. The molecule has 3 aliphatic heterocycles. The topological polar surface area (TPSA) is 28.0 Å². The van der Waals surface area contributed by atoms with E-state index in [9.17, 15) is 0 Å². The third-order valence-corrected chi connectivity index (χ3v) is 12.4. The summed E-state index contributed by atoms with van der Waals surface area (Å²) in [6.07, 6.45) is 22.0. The lowest BCUT2D eigenvalue weighted by Crippen LogP contribution is -2.26. The smallest absolute Gasteiger partial charge is 0.160 e. The normalized spacial score (nSPS) is 15.8. The SMILES string of the molecule is C=C/C=C\CC1=CCC(C)=NC(c2cccc3c2Sc2c(cccc2-c2ccc4c(c2)C(/C=C(C)/C(C=C)=C/C=C\C)=C(C=C)N(c2ccccc2)C4)S3)=N1. The number of hydrogen-bond donors (Lipinski definition) is 0. The van der Waals surface area contributed by atoms with Gasteiger partial charge in [-0.15, -0.1) is 0 Å². The van der Waals surface area contributed by atoms with E-state index in [-0.39, 0.29) is 0 Å². The van der Waals surface area contributed by atoms with E-state index in [1.807, 2.05) is 54.8 Å². The van der Waals surface area contributed by atoms with Gasteiger partial charge in [0.15, 0.2) is 5.84 Å². The molecule has 7 rings (SSSR count). The molecular weight excluding hydrogens is 707 g/mol. The van der Waals surface area contributed by atoms with Crippen LogP contribution < -0.4 is 4.90 Å². The molecule has 272 valence electrons. The van der Waals surface area contributed by atoms with Crippen LogP contribution in [0.5, 0.6) is 0 Å². The second-order valence-electron chi connectivity index (χ2n) is 13.5. The second-order valence-corrected chi connectivity index (χ2v) is 15.6. The van der Waals surface area contributed by atoms with Gasteiger partial charge < -0.3 is 4.90 Å². The quantitative estimate of drug-likeness (QED) is 0.126. The predicted molar refractivity (Wildman–Crippen MR) is 239 cm³/mol. The van der Waals surface area contributed by atoms with Crippen molar-refractivity contribution in [2.45, 2.75) is 59.7 Å². The summed E-state index contributed by atoms with van der Waals surface area (Å²) in [6, 6.07) is 30.7. The van der Waals surface area contributed by atoms with E-state index in [2.05, 4.69) is 154 Å². The highest BCUT2D eigenvalue weighted by Gasteiger charge is 2.27. The van der Waals surface area contributed by atoms with E-state index in [0.29, 0.717) is 0 Å². The Hall–Kier alpha value is -5.62. The summed E-state index contributed by atoms with van der Waals surface area (Å²) in [5.74, 6) is 0.771. The van der Waals surface area contributed by atoms with Crippen LogP contribution in [0.25, 0.3) is 16.7 Å². The second kappa shape index (κ2) is 17.2. The number of nitrogens with zero attached hydrogens (tertiary/aromatic N) is 3. The van der Waals surface area contributed by atoms with E-state index in [1.165, 1.54) is 41.8 Å². The van der Waals surface area contributed by atoms with Crippen LogP contribution in [0.4, 0.5) is 5.69 Å². The molecule has 4 aromatic rings. The minimum absolute atomic E-state index is 0.739. The fraction of sp³-hybridized carbons (Fsp3) is 0.120. The minimum Gasteiger partial charge on any atom is -0.336 e. The van der Waals surface area contributed by atoms with Gasteiger partial charge >= 0.3 is 0 Å². The van der Waals surface area contributed by atoms with Gasteiger partial charge in [-0.1, -0.05) is 140 Å². The van der Waals surface area contributed by atoms with E-state index >= 15 is 0 Å². The molecule has 3 heterocycles. The van der Waals surface area contributed by atoms with Crippen molar-refractivity contribution in [1.82, 2.24) is 0 Å². The highest BCUT2D eigenvalue weighted by Crippen LogP contribution is 2.53. The molecule has 5 heteroatoms. The maximum Gasteiger partial charge on any atom is 0.160 e. The molecule has 55 heavy (non-hydrogen) atoms. The van der Waals surface area contributed by atoms with Gasteiger partial charge in [-0.3, -0.25) is 0 Å². The average molecular weight is 752 g/mol. The first-order chi connectivity index (χ1) is 26.9. The van der Waals surface area contributed by atoms with Crippen molar-refractivity contribution in [2.75, 3.05) is 4.90 Å². The molecule has 0 atom stereocenters. The number of allylic oxidation sites excluding steroid dienone is 13. The first-order valence-electron chi connectivity index (χ1n) is 18.6. The van der Waals surface area contributed by atoms with Crippen LogP contribution in [0.1, 0.15) is 50.3 Å². The highest BCUT2D eigenvalue weighted by atomic mass is 32.2. The summed E-state index contributed by atoms with van der Waals surface area (Å²) >= 11 is 3.65. The molecule has 0 fully saturated rings. The van der Waals surface area contributed by atoms with Gasteiger partial charge in [0, 0.05) is 72.9 Å². The number of para-hydroxylation sites is 1. The molecular formula is C50H45N3S2. The highest BCUT2D eigenvalue weighted by molar-refractivity contribution is 8.05. The van der Waals surface area contributed by atoms with Crippen LogP contribution in [0.15, 0.2) is 218 Å². The van der Waals surface area contributed by atoms with Crippen molar-refractivity contribution in [3.63, 3.8) is 0 Å². The van der Waals surface area contributed by atoms with Crippen molar-refractivity contribution in [3.05, 3.63) is 205 Å². The molecule has 0 saturated heterocycles. The van der Waals surface area contributed by atoms with E-state index in [4.69, 9.17) is 9.98 Å². The zero-order valence-corrected chi connectivity index (χ0v) is 33.4. The van der Waals surface area contributed by atoms with Crippen LogP contribution in [-0.2, 0) is 6.54 Å². The van der Waals surface area contributed by atoms with E-state index in [1.54, 1.807) is 6.08 Å². The van der Waals surface area contributed by atoms with Crippen LogP contribution in [0, 0.1) is 0 Å². The average Bonchev–Trinajstić information content (AvgIpc) is 3.40. The Morgan fingerprint density at radius 2 is 1.60 bits per heavy atom. The molecule has 0 unspecified atom stereocenters. The van der Waals surface area contributed by atoms with Gasteiger partial charge in [0.2, 0.25) is 0 Å². The number of amidine groups is 1. The molecule has 0 saturated carbocycles. The lowest BCUT2D eigenvalue weighted by molar-refractivity contribution is 0.915. The molecule has 0 aliphatic carbocycles. The first kappa shape index (κ1) is 37.7. The van der Waals surface area contributed by atoms with Crippen molar-refractivity contribution in [1.29, 1.82) is 0 Å². The Morgan fingerprint density at radius 1 is 0.836 bits per heavy atom. The van der Waals surface area contributed by atoms with Crippen molar-refractivity contribution < 1.29 is 0 Å². The fourth-order valence-electron chi connectivity index (χ4n) is 7.00. The van der Waals surface area contributed by atoms with Crippen molar-refractivity contribution in [3.8, 4) is 11.1 Å². The summed E-state index contributed by atoms with van der Waals surface area (Å²) in [4.78, 5) is 17.4. The van der Waals surface area contributed by atoms with Crippen molar-refractivity contribution >= 4 is 46.3 Å². The fourth-order valence-corrected chi connectivity index (χ4v) is 9.54. The summed E-state index contributed by atoms with van der Waals surface area (Å²) < 4.78 is 0. The number of fused-ring (bicyclic) bond motifs is 3. The first-order valence-corrected chi connectivity index (χ1v) is 20.2. The Bertz CT molecular complexity index is 2430. The Labute approximate surface area is 335 Å². The minimum atomic E-state index is 0.739. The Morgan fingerprint density at radius 3 is 2.33 bits per heavy atom. The molecule has 3 aliphatic rings. The monoisotopic (exact) mass is 751 g/mol. The van der Waals surface area contributed by atoms with Crippen LogP contribution in [0.3, 0.4) is 0 Å². The summed E-state index contributed by atoms with van der Waals surface area (Å²) in [5.41, 5.74) is 13.6. The lowest BCUT2D eigenvalue weighted by Gasteiger charge is -2.34. The predicted octanol–water partition coefficient (Wildman–Crippen LogP) is 14.1. The number of anilines is 1. The van der Waals surface area contributed by atoms with Gasteiger partial charge in [-0.25, -0.2) is 9.98 Å². The summed E-state index contributed by atoms with van der Waals surface area (Å²) in [5, 5.41) is 0. The van der Waals surface area contributed by atoms with E-state index in [0.717, 1.165) is 70.3 Å². The Kier molecular flexibility index (Phi) is 11.8. The number of benzene rings is 4. The van der Waals surface area contributed by atoms with Crippen molar-refractivity contribution in [2.24, 2.45) is 9.98 Å².